The van der Waals surface area contributed by atoms with Gasteiger partial charge in [-0.1, -0.05) is 36.4 Å². The van der Waals surface area contributed by atoms with E-state index in [1.54, 1.807) is 0 Å². The summed E-state index contributed by atoms with van der Waals surface area (Å²) in [5.74, 6) is 0.893. The van der Waals surface area contributed by atoms with Crippen molar-refractivity contribution in [1.82, 2.24) is 0 Å². The summed E-state index contributed by atoms with van der Waals surface area (Å²) in [5.41, 5.74) is 2.70. The van der Waals surface area contributed by atoms with Crippen molar-refractivity contribution in [3.63, 3.8) is 0 Å². The first-order valence-corrected chi connectivity index (χ1v) is 6.33. The second-order valence-corrected chi connectivity index (χ2v) is 5.63. The Kier molecular flexibility index (Phi) is 2.21. The molecular formula is C14H14S. The van der Waals surface area contributed by atoms with Crippen molar-refractivity contribution in [2.45, 2.75) is 18.6 Å². The summed E-state index contributed by atoms with van der Waals surface area (Å²) >= 11 is 2.05. The average Bonchev–Trinajstić information content (AvgIpc) is 2.88. The topological polar surface area (TPSA) is 0 Å². The normalized spacial score (nSPS) is 28.6. The van der Waals surface area contributed by atoms with Gasteiger partial charge in [0.15, 0.2) is 0 Å². The van der Waals surface area contributed by atoms with E-state index in [0.29, 0.717) is 0 Å². The Morgan fingerprint density at radius 3 is 2.80 bits per heavy atom. The monoisotopic (exact) mass is 214 g/mol. The lowest BCUT2D eigenvalue weighted by Crippen LogP contribution is -1.79. The molecule has 0 nitrogen and oxygen atoms in total. The predicted octanol–water partition coefficient (Wildman–Crippen LogP) is 4.11. The summed E-state index contributed by atoms with van der Waals surface area (Å²) in [4.78, 5) is 1.47. The van der Waals surface area contributed by atoms with E-state index < -0.39 is 0 Å². The van der Waals surface area contributed by atoms with Crippen LogP contribution < -0.4 is 0 Å². The van der Waals surface area contributed by atoms with Crippen molar-refractivity contribution in [3.05, 3.63) is 53.0 Å². The first kappa shape index (κ1) is 9.29. The lowest BCUT2D eigenvalue weighted by atomic mass is 10.1. The van der Waals surface area contributed by atoms with Crippen LogP contribution in [0.3, 0.4) is 0 Å². The van der Waals surface area contributed by atoms with Crippen molar-refractivity contribution in [3.8, 4) is 0 Å². The SMILES string of the molecule is C/C(=C/C1=CC2CC2S1)c1ccccc1. The largest absolute Gasteiger partial charge is 0.122 e. The minimum atomic E-state index is 0.893. The molecule has 1 aliphatic carbocycles. The standard InChI is InChI=1S/C14H14S/c1-10(11-5-3-2-4-6-11)7-13-8-12-9-14(12)15-13/h2-8,12,14H,9H2,1H3/b10-7-. The van der Waals surface area contributed by atoms with Gasteiger partial charge in [0.25, 0.3) is 0 Å². The molecule has 3 rings (SSSR count). The summed E-state index contributed by atoms with van der Waals surface area (Å²) < 4.78 is 0. The van der Waals surface area contributed by atoms with Gasteiger partial charge in [-0.3, -0.25) is 0 Å². The van der Waals surface area contributed by atoms with Crippen molar-refractivity contribution in [2.75, 3.05) is 0 Å². The Morgan fingerprint density at radius 1 is 1.33 bits per heavy atom. The van der Waals surface area contributed by atoms with E-state index in [4.69, 9.17) is 0 Å². The molecule has 15 heavy (non-hydrogen) atoms. The molecule has 0 saturated heterocycles. The van der Waals surface area contributed by atoms with Crippen molar-refractivity contribution < 1.29 is 0 Å². The van der Waals surface area contributed by atoms with Crippen LogP contribution >= 0.6 is 11.8 Å². The predicted molar refractivity (Wildman–Crippen MR) is 67.7 cm³/mol. The van der Waals surface area contributed by atoms with E-state index >= 15 is 0 Å². The highest BCUT2D eigenvalue weighted by Crippen LogP contribution is 2.53. The van der Waals surface area contributed by atoms with E-state index in [2.05, 4.69) is 49.4 Å². The highest BCUT2D eigenvalue weighted by molar-refractivity contribution is 8.04. The molecule has 0 radical (unpaired) electrons. The molecule has 1 aromatic rings. The maximum Gasteiger partial charge on any atom is 0.0164 e. The van der Waals surface area contributed by atoms with Crippen LogP contribution in [0.5, 0.6) is 0 Å². The number of thioether (sulfide) groups is 1. The minimum absolute atomic E-state index is 0.893. The number of fused-ring (bicyclic) bond motifs is 1. The summed E-state index contributed by atoms with van der Waals surface area (Å²) in [6, 6.07) is 10.6. The number of hydrogen-bond donors (Lipinski definition) is 0. The van der Waals surface area contributed by atoms with Crippen LogP contribution in [0, 0.1) is 5.92 Å². The van der Waals surface area contributed by atoms with E-state index in [0.717, 1.165) is 11.2 Å². The van der Waals surface area contributed by atoms with Gasteiger partial charge in [-0.2, -0.15) is 0 Å². The van der Waals surface area contributed by atoms with Crippen molar-refractivity contribution >= 4 is 17.3 Å². The van der Waals surface area contributed by atoms with Gasteiger partial charge in [0.2, 0.25) is 0 Å². The minimum Gasteiger partial charge on any atom is -0.122 e. The molecule has 0 aromatic heterocycles. The third kappa shape index (κ3) is 1.89. The van der Waals surface area contributed by atoms with Gasteiger partial charge in [-0.25, -0.2) is 0 Å². The Labute approximate surface area is 95.1 Å². The van der Waals surface area contributed by atoms with Crippen LogP contribution in [-0.4, -0.2) is 5.25 Å². The summed E-state index contributed by atoms with van der Waals surface area (Å²) in [7, 11) is 0. The second kappa shape index (κ2) is 3.57. The third-order valence-electron chi connectivity index (χ3n) is 3.03. The fourth-order valence-corrected chi connectivity index (χ4v) is 3.43. The Bertz CT molecular complexity index is 428. The van der Waals surface area contributed by atoms with Crippen LogP contribution in [0.4, 0.5) is 0 Å². The maximum atomic E-state index is 2.43. The van der Waals surface area contributed by atoms with E-state index in [1.165, 1.54) is 22.5 Å². The van der Waals surface area contributed by atoms with Crippen LogP contribution in [0.1, 0.15) is 18.9 Å². The molecule has 0 spiro atoms. The van der Waals surface area contributed by atoms with Gasteiger partial charge >= 0.3 is 0 Å². The fraction of sp³-hybridized carbons (Fsp3) is 0.286. The molecule has 1 heteroatoms. The van der Waals surface area contributed by atoms with Gasteiger partial charge < -0.3 is 0 Å². The number of allylic oxidation sites excluding steroid dienone is 3. The molecule has 2 unspecified atom stereocenters. The summed E-state index contributed by atoms with van der Waals surface area (Å²) in [6.07, 6.45) is 6.17. The van der Waals surface area contributed by atoms with Crippen LogP contribution in [-0.2, 0) is 0 Å². The van der Waals surface area contributed by atoms with Crippen molar-refractivity contribution in [1.29, 1.82) is 0 Å². The molecule has 1 fully saturated rings. The van der Waals surface area contributed by atoms with Gasteiger partial charge in [-0.15, -0.1) is 11.8 Å². The summed E-state index contributed by atoms with van der Waals surface area (Å²) in [6.45, 7) is 2.20. The van der Waals surface area contributed by atoms with Crippen LogP contribution in [0.25, 0.3) is 5.57 Å². The fourth-order valence-electron chi connectivity index (χ4n) is 2.01. The number of rotatable bonds is 2. The lowest BCUT2D eigenvalue weighted by molar-refractivity contribution is 1.14. The van der Waals surface area contributed by atoms with E-state index in [1.807, 2.05) is 11.8 Å². The van der Waals surface area contributed by atoms with E-state index in [-0.39, 0.29) is 0 Å². The van der Waals surface area contributed by atoms with Gasteiger partial charge in [0.1, 0.15) is 0 Å². The zero-order chi connectivity index (χ0) is 10.3. The molecule has 1 heterocycles. The molecule has 76 valence electrons. The third-order valence-corrected chi connectivity index (χ3v) is 4.40. The van der Waals surface area contributed by atoms with Crippen LogP contribution in [0.2, 0.25) is 0 Å². The van der Waals surface area contributed by atoms with E-state index in [9.17, 15) is 0 Å². The lowest BCUT2D eigenvalue weighted by Gasteiger charge is -2.02. The molecule has 1 saturated carbocycles. The number of benzene rings is 1. The van der Waals surface area contributed by atoms with Gasteiger partial charge in [-0.05, 0) is 36.5 Å². The average molecular weight is 214 g/mol. The molecule has 2 atom stereocenters. The molecule has 1 aromatic carbocycles. The smallest absolute Gasteiger partial charge is 0.0164 e. The molecule has 2 aliphatic rings. The first-order valence-electron chi connectivity index (χ1n) is 5.45. The molecule has 0 N–H and O–H groups in total. The van der Waals surface area contributed by atoms with Gasteiger partial charge in [0.05, 0.1) is 0 Å². The highest BCUT2D eigenvalue weighted by atomic mass is 32.2. The molecular weight excluding hydrogens is 200 g/mol. The Hall–Kier alpha value is -0.950. The first-order chi connectivity index (χ1) is 7.33. The highest BCUT2D eigenvalue weighted by Gasteiger charge is 2.41. The Morgan fingerprint density at radius 2 is 2.13 bits per heavy atom. The molecule has 0 bridgehead atoms. The quantitative estimate of drug-likeness (QED) is 0.714. The maximum absolute atomic E-state index is 2.43. The number of hydrogen-bond acceptors (Lipinski definition) is 1. The molecule has 1 aliphatic heterocycles. The molecule has 0 amide bonds. The van der Waals surface area contributed by atoms with Crippen LogP contribution in [0.15, 0.2) is 47.4 Å². The summed E-state index contributed by atoms with van der Waals surface area (Å²) in [5, 5.41) is 0.917. The zero-order valence-electron chi connectivity index (χ0n) is 8.81. The Balaban J connectivity index is 1.82. The zero-order valence-corrected chi connectivity index (χ0v) is 9.63. The van der Waals surface area contributed by atoms with Crippen molar-refractivity contribution in [2.24, 2.45) is 5.92 Å². The van der Waals surface area contributed by atoms with Gasteiger partial charge in [0, 0.05) is 10.2 Å². The second-order valence-electron chi connectivity index (χ2n) is 4.32.